The zero-order valence-electron chi connectivity index (χ0n) is 17.3. The van der Waals surface area contributed by atoms with Gasteiger partial charge in [0.05, 0.1) is 31.5 Å². The van der Waals surface area contributed by atoms with Gasteiger partial charge >= 0.3 is 0 Å². The number of para-hydroxylation sites is 2. The van der Waals surface area contributed by atoms with Crippen LogP contribution in [0.1, 0.15) is 18.2 Å². The summed E-state index contributed by atoms with van der Waals surface area (Å²) < 4.78 is 12.9. The molecule has 0 fully saturated rings. The van der Waals surface area contributed by atoms with E-state index in [0.717, 1.165) is 60.5 Å². The average molecular weight is 406 g/mol. The lowest BCUT2D eigenvalue weighted by Gasteiger charge is -2.41. The van der Waals surface area contributed by atoms with Gasteiger partial charge < -0.3 is 14.8 Å². The third kappa shape index (κ3) is 3.28. The molecule has 0 aliphatic carbocycles. The SMILES string of the molecule is COCCCN1CN=C2NC(c3cccc(OC)c3)n3c(nc4ccccc43)N2C1. The number of aromatic nitrogens is 2. The highest BCUT2D eigenvalue weighted by Crippen LogP contribution is 2.34. The molecule has 8 heteroatoms. The normalized spacial score (nSPS) is 18.5. The van der Waals surface area contributed by atoms with Crippen LogP contribution in [-0.4, -0.2) is 61.1 Å². The van der Waals surface area contributed by atoms with Crippen LogP contribution in [0.25, 0.3) is 11.0 Å². The molecule has 2 aliphatic heterocycles. The molecule has 30 heavy (non-hydrogen) atoms. The molecule has 156 valence electrons. The van der Waals surface area contributed by atoms with Crippen LogP contribution in [0.2, 0.25) is 0 Å². The molecule has 1 atom stereocenters. The Labute approximate surface area is 175 Å². The molecule has 1 unspecified atom stereocenters. The summed E-state index contributed by atoms with van der Waals surface area (Å²) in [5.74, 6) is 2.59. The van der Waals surface area contributed by atoms with Crippen molar-refractivity contribution < 1.29 is 9.47 Å². The number of fused-ring (bicyclic) bond motifs is 5. The Morgan fingerprint density at radius 2 is 2.03 bits per heavy atom. The Bertz CT molecular complexity index is 1080. The maximum Gasteiger partial charge on any atom is 0.216 e. The predicted molar refractivity (Wildman–Crippen MR) is 117 cm³/mol. The second-order valence-corrected chi connectivity index (χ2v) is 7.53. The van der Waals surface area contributed by atoms with Gasteiger partial charge in [-0.05, 0) is 36.2 Å². The van der Waals surface area contributed by atoms with Crippen molar-refractivity contribution >= 4 is 22.9 Å². The number of benzene rings is 2. The van der Waals surface area contributed by atoms with Crippen LogP contribution < -0.4 is 15.0 Å². The zero-order chi connectivity index (χ0) is 20.5. The Morgan fingerprint density at radius 1 is 1.13 bits per heavy atom. The van der Waals surface area contributed by atoms with Gasteiger partial charge in [0.25, 0.3) is 0 Å². The molecule has 0 bridgehead atoms. The van der Waals surface area contributed by atoms with Gasteiger partial charge in [-0.2, -0.15) is 0 Å². The minimum absolute atomic E-state index is 0.113. The van der Waals surface area contributed by atoms with Gasteiger partial charge in [-0.25, -0.2) is 9.98 Å². The van der Waals surface area contributed by atoms with E-state index in [0.29, 0.717) is 6.67 Å². The Balaban J connectivity index is 1.57. The van der Waals surface area contributed by atoms with Crippen molar-refractivity contribution in [2.75, 3.05) is 45.6 Å². The molecule has 1 aromatic heterocycles. The highest BCUT2D eigenvalue weighted by Gasteiger charge is 2.35. The number of anilines is 1. The highest BCUT2D eigenvalue weighted by molar-refractivity contribution is 5.98. The third-order valence-electron chi connectivity index (χ3n) is 5.59. The highest BCUT2D eigenvalue weighted by atomic mass is 16.5. The first kappa shape index (κ1) is 18.9. The first-order chi connectivity index (χ1) is 14.8. The number of aliphatic imine (C=N–C) groups is 1. The number of ether oxygens (including phenoxy) is 2. The minimum Gasteiger partial charge on any atom is -0.497 e. The van der Waals surface area contributed by atoms with Gasteiger partial charge in [0.1, 0.15) is 11.9 Å². The van der Waals surface area contributed by atoms with Crippen molar-refractivity contribution in [3.8, 4) is 5.75 Å². The summed E-state index contributed by atoms with van der Waals surface area (Å²) in [7, 11) is 3.43. The van der Waals surface area contributed by atoms with Crippen molar-refractivity contribution in [2.45, 2.75) is 12.6 Å². The van der Waals surface area contributed by atoms with E-state index in [1.807, 2.05) is 18.2 Å². The van der Waals surface area contributed by atoms with Gasteiger partial charge in [-0.15, -0.1) is 0 Å². The van der Waals surface area contributed by atoms with Crippen LogP contribution in [0.5, 0.6) is 5.75 Å². The molecule has 5 rings (SSSR count). The molecule has 0 saturated heterocycles. The topological polar surface area (TPSA) is 67.2 Å². The summed E-state index contributed by atoms with van der Waals surface area (Å²) in [6.07, 6.45) is 0.864. The van der Waals surface area contributed by atoms with Crippen LogP contribution in [0.4, 0.5) is 5.95 Å². The maximum atomic E-state index is 5.46. The number of imidazole rings is 1. The van der Waals surface area contributed by atoms with E-state index in [1.54, 1.807) is 14.2 Å². The second-order valence-electron chi connectivity index (χ2n) is 7.53. The lowest BCUT2D eigenvalue weighted by molar-refractivity contribution is 0.171. The number of nitrogens with zero attached hydrogens (tertiary/aromatic N) is 5. The molecule has 2 aliphatic rings. The van der Waals surface area contributed by atoms with Gasteiger partial charge in [-0.1, -0.05) is 24.3 Å². The number of methoxy groups -OCH3 is 2. The Morgan fingerprint density at radius 3 is 2.90 bits per heavy atom. The number of hydrogen-bond donors (Lipinski definition) is 1. The summed E-state index contributed by atoms with van der Waals surface area (Å²) in [6, 6.07) is 16.4. The summed E-state index contributed by atoms with van der Waals surface area (Å²) >= 11 is 0. The fourth-order valence-electron chi connectivity index (χ4n) is 4.13. The molecule has 0 saturated carbocycles. The first-order valence-corrected chi connectivity index (χ1v) is 10.2. The van der Waals surface area contributed by atoms with E-state index in [9.17, 15) is 0 Å². The van der Waals surface area contributed by atoms with Gasteiger partial charge in [-0.3, -0.25) is 14.4 Å². The van der Waals surface area contributed by atoms with Gasteiger partial charge in [0.15, 0.2) is 0 Å². The van der Waals surface area contributed by atoms with Crippen molar-refractivity contribution in [2.24, 2.45) is 4.99 Å². The van der Waals surface area contributed by atoms with Crippen molar-refractivity contribution in [1.82, 2.24) is 19.8 Å². The van der Waals surface area contributed by atoms with Gasteiger partial charge in [0, 0.05) is 20.3 Å². The fourth-order valence-corrected chi connectivity index (χ4v) is 4.13. The van der Waals surface area contributed by atoms with Crippen LogP contribution in [-0.2, 0) is 4.74 Å². The van der Waals surface area contributed by atoms with Crippen LogP contribution >= 0.6 is 0 Å². The molecule has 0 radical (unpaired) electrons. The molecular weight excluding hydrogens is 380 g/mol. The number of nitrogens with one attached hydrogen (secondary N) is 1. The first-order valence-electron chi connectivity index (χ1n) is 10.2. The molecule has 8 nitrogen and oxygen atoms in total. The van der Waals surface area contributed by atoms with Crippen LogP contribution in [0.15, 0.2) is 53.5 Å². The van der Waals surface area contributed by atoms with E-state index >= 15 is 0 Å². The van der Waals surface area contributed by atoms with E-state index in [4.69, 9.17) is 19.5 Å². The molecule has 0 spiro atoms. The molecule has 0 amide bonds. The quantitative estimate of drug-likeness (QED) is 0.635. The Hall–Kier alpha value is -3.10. The average Bonchev–Trinajstić information content (AvgIpc) is 3.19. The van der Waals surface area contributed by atoms with Crippen LogP contribution in [0, 0.1) is 0 Å². The largest absolute Gasteiger partial charge is 0.497 e. The standard InChI is InChI=1S/C22H26N6O2/c1-29-12-6-11-26-14-23-21-25-20(16-7-5-8-17(13-16)30-2)28-19-10-4-3-9-18(19)24-22(28)27(21)15-26/h3-5,7-10,13,20H,6,11-12,14-15H2,1-2H3,(H,23,25). The number of hydrogen-bond acceptors (Lipinski definition) is 7. The lowest BCUT2D eigenvalue weighted by Crippen LogP contribution is -2.57. The Kier molecular flexibility index (Phi) is 5.02. The molecule has 3 aromatic rings. The van der Waals surface area contributed by atoms with E-state index in [2.05, 4.69) is 50.0 Å². The summed E-state index contributed by atoms with van der Waals surface area (Å²) in [4.78, 5) is 14.3. The minimum atomic E-state index is -0.113. The second kappa shape index (κ2) is 7.97. The number of guanidine groups is 1. The monoisotopic (exact) mass is 406 g/mol. The summed E-state index contributed by atoms with van der Waals surface area (Å²) in [5, 5.41) is 3.64. The third-order valence-corrected chi connectivity index (χ3v) is 5.59. The number of rotatable bonds is 6. The van der Waals surface area contributed by atoms with Crippen molar-refractivity contribution in [3.63, 3.8) is 0 Å². The molecule has 2 aromatic carbocycles. The van der Waals surface area contributed by atoms with Crippen molar-refractivity contribution in [1.29, 1.82) is 0 Å². The lowest BCUT2D eigenvalue weighted by atomic mass is 10.1. The predicted octanol–water partition coefficient (Wildman–Crippen LogP) is 2.62. The summed E-state index contributed by atoms with van der Waals surface area (Å²) in [5.41, 5.74) is 3.16. The molecule has 1 N–H and O–H groups in total. The van der Waals surface area contributed by atoms with E-state index < -0.39 is 0 Å². The van der Waals surface area contributed by atoms with E-state index in [1.165, 1.54) is 0 Å². The maximum absolute atomic E-state index is 5.46. The molecular formula is C22H26N6O2. The van der Waals surface area contributed by atoms with E-state index in [-0.39, 0.29) is 6.17 Å². The zero-order valence-corrected chi connectivity index (χ0v) is 17.3. The fraction of sp³-hybridized carbons (Fsp3) is 0.364. The summed E-state index contributed by atoms with van der Waals surface area (Å²) in [6.45, 7) is 3.08. The van der Waals surface area contributed by atoms with Gasteiger partial charge in [0.2, 0.25) is 11.9 Å². The smallest absolute Gasteiger partial charge is 0.216 e. The van der Waals surface area contributed by atoms with Crippen molar-refractivity contribution in [3.05, 3.63) is 54.1 Å². The molecule has 3 heterocycles. The van der Waals surface area contributed by atoms with Crippen LogP contribution in [0.3, 0.4) is 0 Å².